The minimum absolute atomic E-state index is 0.886. The Morgan fingerprint density at radius 1 is 0.429 bits per heavy atom. The van der Waals surface area contributed by atoms with Crippen molar-refractivity contribution >= 4 is 93.0 Å². The summed E-state index contributed by atoms with van der Waals surface area (Å²) in [6, 6.07) is 75.3. The summed E-state index contributed by atoms with van der Waals surface area (Å²) in [6.45, 7) is 0. The van der Waals surface area contributed by atoms with Gasteiger partial charge in [0.25, 0.3) is 0 Å². The second kappa shape index (κ2) is 14.2. The SMILES string of the molecule is C1=CC(c2ccc3oc4c5ccccc5ccc4c3c2)=C(N(c2ccc(-c3cc4ccccc4c4ccccc34)cc2)c2cccc(-n3c4ccccc4c4ccccc43)c2)CC1. The van der Waals surface area contributed by atoms with E-state index in [4.69, 9.17) is 4.42 Å². The number of aromatic nitrogens is 1. The highest BCUT2D eigenvalue weighted by Gasteiger charge is 2.23. The lowest BCUT2D eigenvalue weighted by Crippen LogP contribution is -2.19. The quantitative estimate of drug-likeness (QED) is 0.156. The third-order valence-electron chi connectivity index (χ3n) is 13.2. The highest BCUT2D eigenvalue weighted by atomic mass is 16.3. The Morgan fingerprint density at radius 3 is 1.89 bits per heavy atom. The van der Waals surface area contributed by atoms with Gasteiger partial charge < -0.3 is 13.9 Å². The minimum Gasteiger partial charge on any atom is -0.455 e. The zero-order valence-corrected chi connectivity index (χ0v) is 34.5. The zero-order valence-electron chi connectivity index (χ0n) is 34.5. The minimum atomic E-state index is 0.886. The summed E-state index contributed by atoms with van der Waals surface area (Å²) in [5.41, 5.74) is 13.7. The van der Waals surface area contributed by atoms with Gasteiger partial charge in [0.15, 0.2) is 0 Å². The van der Waals surface area contributed by atoms with E-state index < -0.39 is 0 Å². The molecule has 1 aliphatic rings. The fourth-order valence-electron chi connectivity index (χ4n) is 10.3. The van der Waals surface area contributed by atoms with Gasteiger partial charge in [0.2, 0.25) is 0 Å². The molecule has 2 aromatic heterocycles. The summed E-state index contributed by atoms with van der Waals surface area (Å²) in [6.07, 6.45) is 6.49. The van der Waals surface area contributed by atoms with Gasteiger partial charge in [-0.2, -0.15) is 0 Å². The molecule has 0 unspecified atom stereocenters. The number of hydrogen-bond donors (Lipinski definition) is 0. The van der Waals surface area contributed by atoms with Crippen molar-refractivity contribution in [1.29, 1.82) is 0 Å². The first-order chi connectivity index (χ1) is 31.2. The van der Waals surface area contributed by atoms with Gasteiger partial charge in [-0.3, -0.25) is 0 Å². The van der Waals surface area contributed by atoms with Gasteiger partial charge >= 0.3 is 0 Å². The second-order valence-corrected chi connectivity index (χ2v) is 16.7. The monoisotopic (exact) mass is 804 g/mol. The van der Waals surface area contributed by atoms with Crippen LogP contribution >= 0.6 is 0 Å². The van der Waals surface area contributed by atoms with Crippen LogP contribution in [0.5, 0.6) is 0 Å². The van der Waals surface area contributed by atoms with Crippen molar-refractivity contribution in [2.45, 2.75) is 12.8 Å². The number of para-hydroxylation sites is 2. The summed E-state index contributed by atoms with van der Waals surface area (Å²) < 4.78 is 9.00. The zero-order chi connectivity index (χ0) is 41.4. The molecule has 0 atom stereocenters. The number of hydrogen-bond acceptors (Lipinski definition) is 2. The average molecular weight is 805 g/mol. The largest absolute Gasteiger partial charge is 0.455 e. The maximum atomic E-state index is 6.58. The molecule has 0 amide bonds. The lowest BCUT2D eigenvalue weighted by molar-refractivity contribution is 0.672. The summed E-state index contributed by atoms with van der Waals surface area (Å²) in [7, 11) is 0. The first-order valence-electron chi connectivity index (χ1n) is 21.9. The van der Waals surface area contributed by atoms with Gasteiger partial charge in [0.1, 0.15) is 11.2 Å². The summed E-state index contributed by atoms with van der Waals surface area (Å²) >= 11 is 0. The van der Waals surface area contributed by atoms with Crippen LogP contribution in [0.2, 0.25) is 0 Å². The van der Waals surface area contributed by atoms with Crippen molar-refractivity contribution in [2.75, 3.05) is 4.90 Å². The smallest absolute Gasteiger partial charge is 0.143 e. The van der Waals surface area contributed by atoms with Crippen molar-refractivity contribution < 1.29 is 4.42 Å². The van der Waals surface area contributed by atoms with Crippen LogP contribution < -0.4 is 4.90 Å². The van der Waals surface area contributed by atoms with E-state index in [0.717, 1.165) is 57.2 Å². The van der Waals surface area contributed by atoms with Gasteiger partial charge in [-0.15, -0.1) is 0 Å². The van der Waals surface area contributed by atoms with E-state index in [-0.39, 0.29) is 0 Å². The normalized spacial score (nSPS) is 13.1. The first kappa shape index (κ1) is 35.6. The number of allylic oxidation sites excluding steroid dienone is 4. The molecule has 0 bridgehead atoms. The van der Waals surface area contributed by atoms with Gasteiger partial charge in [-0.25, -0.2) is 0 Å². The third kappa shape index (κ3) is 5.67. The van der Waals surface area contributed by atoms with Crippen LogP contribution in [0.4, 0.5) is 11.4 Å². The number of rotatable bonds is 6. The van der Waals surface area contributed by atoms with E-state index in [9.17, 15) is 0 Å². The molecule has 0 saturated heterocycles. The van der Waals surface area contributed by atoms with Crippen LogP contribution in [0.1, 0.15) is 18.4 Å². The Bertz CT molecular complexity index is 3810. The molecule has 12 aromatic rings. The van der Waals surface area contributed by atoms with Crippen molar-refractivity contribution in [3.05, 3.63) is 230 Å². The topological polar surface area (TPSA) is 21.3 Å². The maximum Gasteiger partial charge on any atom is 0.143 e. The molecule has 13 rings (SSSR count). The number of nitrogens with zero attached hydrogens (tertiary/aromatic N) is 2. The Morgan fingerprint density at radius 2 is 1.10 bits per heavy atom. The molecular formula is C60H40N2O. The number of benzene rings is 10. The molecule has 2 heterocycles. The predicted octanol–water partition coefficient (Wildman–Crippen LogP) is 16.7. The number of anilines is 2. The predicted molar refractivity (Wildman–Crippen MR) is 266 cm³/mol. The molecule has 0 radical (unpaired) electrons. The highest BCUT2D eigenvalue weighted by molar-refractivity contribution is 6.16. The van der Waals surface area contributed by atoms with Crippen molar-refractivity contribution in [3.8, 4) is 16.8 Å². The first-order valence-corrected chi connectivity index (χ1v) is 21.9. The Kier molecular flexibility index (Phi) is 8.04. The van der Waals surface area contributed by atoms with Crippen molar-refractivity contribution in [1.82, 2.24) is 4.57 Å². The molecule has 0 fully saturated rings. The van der Waals surface area contributed by atoms with Crippen LogP contribution in [0.15, 0.2) is 229 Å². The molecule has 63 heavy (non-hydrogen) atoms. The molecular weight excluding hydrogens is 765 g/mol. The summed E-state index contributed by atoms with van der Waals surface area (Å²) in [5, 5.41) is 12.2. The molecule has 3 nitrogen and oxygen atoms in total. The molecule has 1 aliphatic carbocycles. The van der Waals surface area contributed by atoms with E-state index in [2.05, 4.69) is 228 Å². The fraction of sp³-hybridized carbons (Fsp3) is 0.0333. The Balaban J connectivity index is 1.01. The van der Waals surface area contributed by atoms with Gasteiger partial charge in [-0.1, -0.05) is 152 Å². The van der Waals surface area contributed by atoms with Gasteiger partial charge in [0, 0.05) is 55.3 Å². The van der Waals surface area contributed by atoms with Gasteiger partial charge in [0.05, 0.1) is 11.0 Å². The molecule has 296 valence electrons. The number of fused-ring (bicyclic) bond motifs is 11. The molecule has 10 aromatic carbocycles. The van der Waals surface area contributed by atoms with E-state index in [1.54, 1.807) is 0 Å². The highest BCUT2D eigenvalue weighted by Crippen LogP contribution is 2.43. The van der Waals surface area contributed by atoms with Crippen LogP contribution in [0.25, 0.3) is 98.4 Å². The van der Waals surface area contributed by atoms with Crippen molar-refractivity contribution in [2.24, 2.45) is 0 Å². The van der Waals surface area contributed by atoms with Crippen LogP contribution in [-0.4, -0.2) is 4.57 Å². The van der Waals surface area contributed by atoms with E-state index in [0.29, 0.717) is 0 Å². The molecule has 0 spiro atoms. The standard InChI is InChI=1S/C60H40N2O/c1-4-20-48-39(14-1)30-34-53-55-37-42(31-35-59(55)63-60(48)53)47-19-7-10-25-56(47)61(44-16-13-17-45(38-44)62-57-26-11-8-23-51(57)52-24-9-12-27-58(52)62)43-32-28-40(29-33-43)54-36-41-15-2-3-18-46(41)49-21-5-6-22-50(49)54/h1-9,11-24,26-38H,10,25H2. The second-order valence-electron chi connectivity index (χ2n) is 16.7. The Labute approximate surface area is 364 Å². The summed E-state index contributed by atoms with van der Waals surface area (Å²) in [5.74, 6) is 0. The molecule has 0 aliphatic heterocycles. The summed E-state index contributed by atoms with van der Waals surface area (Å²) in [4.78, 5) is 2.50. The lowest BCUT2D eigenvalue weighted by atomic mass is 9.92. The van der Waals surface area contributed by atoms with Crippen LogP contribution in [-0.2, 0) is 0 Å². The molecule has 0 saturated carbocycles. The molecule has 0 N–H and O–H groups in total. The lowest BCUT2D eigenvalue weighted by Gasteiger charge is -2.32. The Hall–Kier alpha value is -8.14. The fourth-order valence-corrected chi connectivity index (χ4v) is 10.3. The van der Waals surface area contributed by atoms with E-state index in [1.807, 2.05) is 0 Å². The van der Waals surface area contributed by atoms with E-state index in [1.165, 1.54) is 76.7 Å². The van der Waals surface area contributed by atoms with Crippen molar-refractivity contribution in [3.63, 3.8) is 0 Å². The maximum absolute atomic E-state index is 6.58. The average Bonchev–Trinajstić information content (AvgIpc) is 3.90. The van der Waals surface area contributed by atoms with Gasteiger partial charge in [-0.05, 0) is 123 Å². The number of furan rings is 1. The van der Waals surface area contributed by atoms with Crippen LogP contribution in [0, 0.1) is 0 Å². The van der Waals surface area contributed by atoms with E-state index >= 15 is 0 Å². The molecule has 3 heteroatoms. The third-order valence-corrected chi connectivity index (χ3v) is 13.2. The van der Waals surface area contributed by atoms with Crippen LogP contribution in [0.3, 0.4) is 0 Å².